The van der Waals surface area contributed by atoms with Crippen LogP contribution < -0.4 is 14.7 Å². The van der Waals surface area contributed by atoms with Gasteiger partial charge in [0.2, 0.25) is 5.95 Å². The van der Waals surface area contributed by atoms with E-state index in [1.807, 2.05) is 36.5 Å². The van der Waals surface area contributed by atoms with Crippen LogP contribution in [0.3, 0.4) is 0 Å². The van der Waals surface area contributed by atoms with E-state index < -0.39 is 0 Å². The fourth-order valence-corrected chi connectivity index (χ4v) is 3.89. The molecule has 1 aromatic carbocycles. The number of ether oxygens (including phenoxy) is 1. The van der Waals surface area contributed by atoms with E-state index in [0.29, 0.717) is 11.6 Å². The Morgan fingerprint density at radius 1 is 1.11 bits per heavy atom. The summed E-state index contributed by atoms with van der Waals surface area (Å²) in [4.78, 5) is 16.2. The number of nitrogens with zero attached hydrogens (tertiary/aromatic N) is 6. The van der Waals surface area contributed by atoms with Crippen LogP contribution in [0.5, 0.6) is 0 Å². The summed E-state index contributed by atoms with van der Waals surface area (Å²) in [6.45, 7) is 5.11. The van der Waals surface area contributed by atoms with Crippen molar-refractivity contribution in [2.24, 2.45) is 0 Å². The third-order valence-electron chi connectivity index (χ3n) is 5.59. The largest absolute Gasteiger partial charge is 0.378 e. The van der Waals surface area contributed by atoms with E-state index in [9.17, 15) is 0 Å². The van der Waals surface area contributed by atoms with Gasteiger partial charge in [0, 0.05) is 51.2 Å². The zero-order valence-electron chi connectivity index (χ0n) is 16.3. The van der Waals surface area contributed by atoms with Crippen LogP contribution in [0.25, 0.3) is 0 Å². The molecule has 2 fully saturated rings. The molecule has 0 amide bonds. The molecule has 1 atom stereocenters. The van der Waals surface area contributed by atoms with Crippen LogP contribution in [0.2, 0.25) is 0 Å². The van der Waals surface area contributed by atoms with Gasteiger partial charge in [-0.2, -0.15) is 10.2 Å². The monoisotopic (exact) mass is 378 g/mol. The number of morpholine rings is 1. The molecule has 146 valence electrons. The minimum Gasteiger partial charge on any atom is -0.378 e. The summed E-state index contributed by atoms with van der Waals surface area (Å²) in [5.74, 6) is 1.75. The van der Waals surface area contributed by atoms with E-state index in [1.54, 1.807) is 0 Å². The number of likely N-dealkylation sites (N-methyl/N-ethyl adjacent to an activating group) is 1. The van der Waals surface area contributed by atoms with Gasteiger partial charge in [-0.15, -0.1) is 0 Å². The Bertz CT molecular complexity index is 828. The van der Waals surface area contributed by atoms with Crippen LogP contribution in [-0.4, -0.2) is 62.5 Å². The van der Waals surface area contributed by atoms with E-state index in [2.05, 4.69) is 32.8 Å². The predicted octanol–water partition coefficient (Wildman–Crippen LogP) is 2.29. The van der Waals surface area contributed by atoms with E-state index in [1.165, 1.54) is 5.69 Å². The SMILES string of the molecule is CN(c1ccnc(N2CCOCC2)n1)C1CCCN(c2ccc(C#N)cc2)C1. The highest BCUT2D eigenvalue weighted by Gasteiger charge is 2.25. The van der Waals surface area contributed by atoms with Crippen molar-refractivity contribution in [1.29, 1.82) is 5.26 Å². The van der Waals surface area contributed by atoms with Gasteiger partial charge in [0.05, 0.1) is 24.8 Å². The molecular weight excluding hydrogens is 352 g/mol. The van der Waals surface area contributed by atoms with Crippen LogP contribution in [-0.2, 0) is 4.74 Å². The van der Waals surface area contributed by atoms with Gasteiger partial charge in [0.25, 0.3) is 0 Å². The number of nitriles is 1. The lowest BCUT2D eigenvalue weighted by Crippen LogP contribution is -2.47. The second-order valence-corrected chi connectivity index (χ2v) is 7.33. The average Bonchev–Trinajstić information content (AvgIpc) is 2.79. The minimum atomic E-state index is 0.386. The van der Waals surface area contributed by atoms with Crippen LogP contribution in [0, 0.1) is 11.3 Å². The van der Waals surface area contributed by atoms with Gasteiger partial charge in [-0.25, -0.2) is 4.98 Å². The molecule has 0 bridgehead atoms. The van der Waals surface area contributed by atoms with E-state index >= 15 is 0 Å². The third kappa shape index (κ3) is 4.02. The molecular formula is C21H26N6O. The number of hydrogen-bond acceptors (Lipinski definition) is 7. The molecule has 7 nitrogen and oxygen atoms in total. The molecule has 2 aliphatic heterocycles. The first-order chi connectivity index (χ1) is 13.7. The number of anilines is 3. The summed E-state index contributed by atoms with van der Waals surface area (Å²) < 4.78 is 5.43. The lowest BCUT2D eigenvalue weighted by Gasteiger charge is -2.39. The van der Waals surface area contributed by atoms with Gasteiger partial charge >= 0.3 is 0 Å². The maximum absolute atomic E-state index is 9.00. The molecule has 7 heteroatoms. The first-order valence-corrected chi connectivity index (χ1v) is 9.88. The Labute approximate surface area is 166 Å². The van der Waals surface area contributed by atoms with E-state index in [-0.39, 0.29) is 0 Å². The zero-order chi connectivity index (χ0) is 19.3. The summed E-state index contributed by atoms with van der Waals surface area (Å²) in [6, 6.07) is 12.4. The van der Waals surface area contributed by atoms with Crippen LogP contribution >= 0.6 is 0 Å². The van der Waals surface area contributed by atoms with Crippen LogP contribution in [0.1, 0.15) is 18.4 Å². The summed E-state index contributed by atoms with van der Waals surface area (Å²) in [5, 5.41) is 9.00. The highest BCUT2D eigenvalue weighted by molar-refractivity contribution is 5.51. The number of aromatic nitrogens is 2. The molecule has 2 saturated heterocycles. The van der Waals surface area contributed by atoms with Crippen molar-refractivity contribution >= 4 is 17.5 Å². The molecule has 28 heavy (non-hydrogen) atoms. The molecule has 3 heterocycles. The summed E-state index contributed by atoms with van der Waals surface area (Å²) in [7, 11) is 2.12. The smallest absolute Gasteiger partial charge is 0.227 e. The molecule has 2 aromatic rings. The number of hydrogen-bond donors (Lipinski definition) is 0. The quantitative estimate of drug-likeness (QED) is 0.808. The molecule has 2 aliphatic rings. The van der Waals surface area contributed by atoms with Gasteiger partial charge in [-0.3, -0.25) is 0 Å². The molecule has 0 N–H and O–H groups in total. The van der Waals surface area contributed by atoms with Crippen LogP contribution in [0.4, 0.5) is 17.5 Å². The van der Waals surface area contributed by atoms with Crippen molar-refractivity contribution in [2.75, 3.05) is 61.1 Å². The Hall–Kier alpha value is -2.85. The highest BCUT2D eigenvalue weighted by atomic mass is 16.5. The van der Waals surface area contributed by atoms with Gasteiger partial charge in [0.1, 0.15) is 5.82 Å². The Morgan fingerprint density at radius 3 is 2.64 bits per heavy atom. The van der Waals surface area contributed by atoms with Gasteiger partial charge in [-0.05, 0) is 43.2 Å². The topological polar surface area (TPSA) is 68.5 Å². The Morgan fingerprint density at radius 2 is 1.89 bits per heavy atom. The second-order valence-electron chi connectivity index (χ2n) is 7.33. The normalized spacial score (nSPS) is 19.9. The molecule has 0 saturated carbocycles. The molecule has 1 unspecified atom stereocenters. The van der Waals surface area contributed by atoms with Crippen molar-refractivity contribution in [2.45, 2.75) is 18.9 Å². The summed E-state index contributed by atoms with van der Waals surface area (Å²) in [6.07, 6.45) is 4.13. The lowest BCUT2D eigenvalue weighted by atomic mass is 10.0. The zero-order valence-corrected chi connectivity index (χ0v) is 16.3. The number of piperidine rings is 1. The van der Waals surface area contributed by atoms with Gasteiger partial charge in [-0.1, -0.05) is 0 Å². The Kier molecular flexibility index (Phi) is 5.58. The van der Waals surface area contributed by atoms with E-state index in [4.69, 9.17) is 15.0 Å². The van der Waals surface area contributed by atoms with Gasteiger partial charge in [0.15, 0.2) is 0 Å². The molecule has 4 rings (SSSR count). The Balaban J connectivity index is 1.46. The molecule has 1 aromatic heterocycles. The summed E-state index contributed by atoms with van der Waals surface area (Å²) in [5.41, 5.74) is 1.87. The van der Waals surface area contributed by atoms with Gasteiger partial charge < -0.3 is 19.4 Å². The summed E-state index contributed by atoms with van der Waals surface area (Å²) >= 11 is 0. The second kappa shape index (κ2) is 8.44. The fraction of sp³-hybridized carbons (Fsp3) is 0.476. The lowest BCUT2D eigenvalue weighted by molar-refractivity contribution is 0.122. The highest BCUT2D eigenvalue weighted by Crippen LogP contribution is 2.25. The van der Waals surface area contributed by atoms with Crippen molar-refractivity contribution in [3.63, 3.8) is 0 Å². The molecule has 0 aliphatic carbocycles. The first-order valence-electron chi connectivity index (χ1n) is 9.88. The van der Waals surface area contributed by atoms with E-state index in [0.717, 1.165) is 64.0 Å². The first kappa shape index (κ1) is 18.5. The average molecular weight is 378 g/mol. The maximum Gasteiger partial charge on any atom is 0.227 e. The molecule has 0 radical (unpaired) electrons. The van der Waals surface area contributed by atoms with Crippen molar-refractivity contribution < 1.29 is 4.74 Å². The maximum atomic E-state index is 9.00. The minimum absolute atomic E-state index is 0.386. The fourth-order valence-electron chi connectivity index (χ4n) is 3.89. The van der Waals surface area contributed by atoms with Crippen molar-refractivity contribution in [1.82, 2.24) is 9.97 Å². The van der Waals surface area contributed by atoms with Crippen molar-refractivity contribution in [3.8, 4) is 6.07 Å². The predicted molar refractivity (Wildman–Crippen MR) is 110 cm³/mol. The number of rotatable bonds is 4. The third-order valence-corrected chi connectivity index (χ3v) is 5.59. The molecule has 0 spiro atoms. The van der Waals surface area contributed by atoms with Crippen molar-refractivity contribution in [3.05, 3.63) is 42.1 Å². The standard InChI is InChI=1S/C21H26N6O/c1-25(20-8-9-23-21(24-20)26-11-13-28-14-12-26)19-3-2-10-27(16-19)18-6-4-17(15-22)5-7-18/h4-9,19H,2-3,10-14,16H2,1H3. The van der Waals surface area contributed by atoms with Crippen LogP contribution in [0.15, 0.2) is 36.5 Å². The number of benzene rings is 1.